The van der Waals surface area contributed by atoms with Crippen LogP contribution in [0.3, 0.4) is 0 Å². The third-order valence-corrected chi connectivity index (χ3v) is 6.54. The summed E-state index contributed by atoms with van der Waals surface area (Å²) in [5.41, 5.74) is 1.55. The average molecular weight is 508 g/mol. The van der Waals surface area contributed by atoms with Crippen LogP contribution in [-0.2, 0) is 9.59 Å². The number of imidazole rings is 1. The van der Waals surface area contributed by atoms with E-state index < -0.39 is 17.1 Å². The maximum Gasteiger partial charge on any atom is 0.240 e. The molecule has 0 spiro atoms. The highest BCUT2D eigenvalue weighted by Gasteiger charge is 2.56. The first-order valence-electron chi connectivity index (χ1n) is 12.1. The van der Waals surface area contributed by atoms with E-state index in [2.05, 4.69) is 25.6 Å². The maximum absolute atomic E-state index is 13.1. The molecule has 8 nitrogen and oxygen atoms in total. The molecule has 0 saturated heterocycles. The Morgan fingerprint density at radius 3 is 2.16 bits per heavy atom. The molecule has 0 radical (unpaired) electrons. The van der Waals surface area contributed by atoms with E-state index in [1.807, 2.05) is 18.2 Å². The van der Waals surface area contributed by atoms with Gasteiger partial charge < -0.3 is 20.4 Å². The van der Waals surface area contributed by atoms with Crippen molar-refractivity contribution in [1.29, 1.82) is 0 Å². The van der Waals surface area contributed by atoms with Gasteiger partial charge in [-0.2, -0.15) is 0 Å². The van der Waals surface area contributed by atoms with Crippen molar-refractivity contribution in [3.05, 3.63) is 97.2 Å². The van der Waals surface area contributed by atoms with Crippen LogP contribution in [0.2, 0.25) is 0 Å². The number of ether oxygens (including phenoxy) is 1. The van der Waals surface area contributed by atoms with Gasteiger partial charge in [0, 0.05) is 40.9 Å². The Kier molecular flexibility index (Phi) is 5.80. The first-order chi connectivity index (χ1) is 18.5. The first kappa shape index (κ1) is 23.4. The van der Waals surface area contributed by atoms with Gasteiger partial charge in [0.1, 0.15) is 28.6 Å². The average Bonchev–Trinajstić information content (AvgIpc) is 3.57. The van der Waals surface area contributed by atoms with Crippen molar-refractivity contribution in [2.75, 3.05) is 10.6 Å². The van der Waals surface area contributed by atoms with E-state index in [0.717, 1.165) is 22.3 Å². The first-order valence-corrected chi connectivity index (χ1v) is 12.1. The minimum Gasteiger partial charge on any atom is -0.457 e. The molecule has 2 heterocycles. The van der Waals surface area contributed by atoms with Gasteiger partial charge >= 0.3 is 0 Å². The van der Waals surface area contributed by atoms with Crippen molar-refractivity contribution in [2.24, 2.45) is 5.41 Å². The number of hydrogen-bond donors (Lipinski definition) is 3. The monoisotopic (exact) mass is 507 g/mol. The second-order valence-corrected chi connectivity index (χ2v) is 9.10. The summed E-state index contributed by atoms with van der Waals surface area (Å²) in [6.45, 7) is 0. The van der Waals surface area contributed by atoms with Crippen molar-refractivity contribution in [1.82, 2.24) is 15.0 Å². The topological polar surface area (TPSA) is 109 Å². The SMILES string of the molecule is O=C(Nc1ccc(F)cc1)C1(C(=O)Nc2ccc(Oc3ccnc4cc(-c5ncc[nH]5)ccc34)cc2)CC1. The summed E-state index contributed by atoms with van der Waals surface area (Å²) >= 11 is 0. The smallest absolute Gasteiger partial charge is 0.240 e. The molecule has 0 atom stereocenters. The van der Waals surface area contributed by atoms with Crippen LogP contribution < -0.4 is 15.4 Å². The fourth-order valence-corrected chi connectivity index (χ4v) is 4.23. The van der Waals surface area contributed by atoms with E-state index in [4.69, 9.17) is 4.74 Å². The molecule has 3 N–H and O–H groups in total. The molecule has 1 aliphatic rings. The summed E-state index contributed by atoms with van der Waals surface area (Å²) in [6.07, 6.45) is 6.05. The third kappa shape index (κ3) is 4.57. The molecule has 2 amide bonds. The number of hydrogen-bond acceptors (Lipinski definition) is 5. The summed E-state index contributed by atoms with van der Waals surface area (Å²) in [4.78, 5) is 37.5. The predicted molar refractivity (Wildman–Crippen MR) is 141 cm³/mol. The van der Waals surface area contributed by atoms with Crippen LogP contribution in [0.5, 0.6) is 11.5 Å². The number of aromatic amines is 1. The largest absolute Gasteiger partial charge is 0.457 e. The highest BCUT2D eigenvalue weighted by molar-refractivity contribution is 6.16. The number of carbonyl (C=O) groups excluding carboxylic acids is 2. The minimum absolute atomic E-state index is 0.377. The van der Waals surface area contributed by atoms with E-state index >= 15 is 0 Å². The van der Waals surface area contributed by atoms with Crippen molar-refractivity contribution in [2.45, 2.75) is 12.8 Å². The van der Waals surface area contributed by atoms with Gasteiger partial charge in [0.25, 0.3) is 0 Å². The van der Waals surface area contributed by atoms with Crippen LogP contribution in [-0.4, -0.2) is 26.8 Å². The molecule has 0 aliphatic heterocycles. The van der Waals surface area contributed by atoms with Crippen molar-refractivity contribution < 1.29 is 18.7 Å². The number of carbonyl (C=O) groups is 2. The molecule has 3 aromatic carbocycles. The third-order valence-electron chi connectivity index (χ3n) is 6.54. The van der Waals surface area contributed by atoms with E-state index in [1.165, 1.54) is 24.3 Å². The molecule has 188 valence electrons. The van der Waals surface area contributed by atoms with Gasteiger partial charge in [-0.15, -0.1) is 0 Å². The van der Waals surface area contributed by atoms with Gasteiger partial charge in [-0.3, -0.25) is 14.6 Å². The number of anilines is 2. The van der Waals surface area contributed by atoms with Gasteiger partial charge in [0.2, 0.25) is 11.8 Å². The molecule has 5 aromatic rings. The summed E-state index contributed by atoms with van der Waals surface area (Å²) < 4.78 is 19.2. The number of pyridine rings is 1. The van der Waals surface area contributed by atoms with Crippen LogP contribution in [0.4, 0.5) is 15.8 Å². The number of fused-ring (bicyclic) bond motifs is 1. The van der Waals surface area contributed by atoms with Gasteiger partial charge in [0.05, 0.1) is 5.52 Å². The van der Waals surface area contributed by atoms with Crippen molar-refractivity contribution >= 4 is 34.1 Å². The lowest BCUT2D eigenvalue weighted by Gasteiger charge is -2.16. The highest BCUT2D eigenvalue weighted by Crippen LogP contribution is 2.47. The van der Waals surface area contributed by atoms with Gasteiger partial charge in [0.15, 0.2) is 0 Å². The second-order valence-electron chi connectivity index (χ2n) is 9.10. The lowest BCUT2D eigenvalue weighted by atomic mass is 10.0. The van der Waals surface area contributed by atoms with Crippen LogP contribution in [0.1, 0.15) is 12.8 Å². The Balaban J connectivity index is 1.13. The number of nitrogens with zero attached hydrogens (tertiary/aromatic N) is 2. The lowest BCUT2D eigenvalue weighted by Crippen LogP contribution is -2.35. The Labute approximate surface area is 216 Å². The summed E-state index contributed by atoms with van der Waals surface area (Å²) in [5.74, 6) is 0.816. The molecule has 1 saturated carbocycles. The summed E-state index contributed by atoms with van der Waals surface area (Å²) in [7, 11) is 0. The summed E-state index contributed by atoms with van der Waals surface area (Å²) in [5, 5.41) is 6.38. The van der Waals surface area contributed by atoms with Crippen LogP contribution in [0, 0.1) is 11.2 Å². The molecule has 0 unspecified atom stereocenters. The number of benzene rings is 3. The Hall–Kier alpha value is -5.05. The molecule has 0 bridgehead atoms. The fourth-order valence-electron chi connectivity index (χ4n) is 4.23. The summed E-state index contributed by atoms with van der Waals surface area (Å²) in [6, 6.07) is 20.0. The Bertz CT molecular complexity index is 1630. The van der Waals surface area contributed by atoms with Gasteiger partial charge in [-0.25, -0.2) is 9.37 Å². The van der Waals surface area contributed by atoms with E-state index in [0.29, 0.717) is 35.7 Å². The maximum atomic E-state index is 13.1. The Morgan fingerprint density at radius 2 is 1.53 bits per heavy atom. The molecule has 1 fully saturated rings. The van der Waals surface area contributed by atoms with Crippen molar-refractivity contribution in [3.63, 3.8) is 0 Å². The molecule has 9 heteroatoms. The van der Waals surface area contributed by atoms with Gasteiger partial charge in [-0.1, -0.05) is 6.07 Å². The van der Waals surface area contributed by atoms with Crippen molar-refractivity contribution in [3.8, 4) is 22.9 Å². The zero-order chi connectivity index (χ0) is 26.1. The number of H-pyrrole nitrogens is 1. The van der Waals surface area contributed by atoms with E-state index in [9.17, 15) is 14.0 Å². The van der Waals surface area contributed by atoms with Gasteiger partial charge in [-0.05, 0) is 79.6 Å². The fraction of sp³-hybridized carbons (Fsp3) is 0.103. The zero-order valence-corrected chi connectivity index (χ0v) is 20.1. The van der Waals surface area contributed by atoms with Crippen LogP contribution >= 0.6 is 0 Å². The molecule has 2 aromatic heterocycles. The number of rotatable bonds is 7. The molecular weight excluding hydrogens is 485 g/mol. The van der Waals surface area contributed by atoms with E-state index in [1.54, 1.807) is 48.9 Å². The van der Waals surface area contributed by atoms with Crippen LogP contribution in [0.15, 0.2) is 91.4 Å². The normalized spacial score (nSPS) is 13.6. The number of aromatic nitrogens is 3. The number of halogens is 1. The molecule has 6 rings (SSSR count). The second kappa shape index (κ2) is 9.44. The predicted octanol–water partition coefficient (Wildman–Crippen LogP) is 5.91. The zero-order valence-electron chi connectivity index (χ0n) is 20.1. The number of amides is 2. The van der Waals surface area contributed by atoms with Crippen LogP contribution in [0.25, 0.3) is 22.3 Å². The Morgan fingerprint density at radius 1 is 0.842 bits per heavy atom. The standard InChI is InChI=1S/C29H22FN5O3/c30-19-2-4-20(5-3-19)34-27(36)29(12-13-29)28(37)35-21-6-8-22(9-7-21)38-25-11-14-31-24-17-18(1-10-23(24)25)26-32-15-16-33-26/h1-11,14-17H,12-13H2,(H,32,33)(H,34,36)(H,35,37). The molecule has 1 aliphatic carbocycles. The minimum atomic E-state index is -1.13. The lowest BCUT2D eigenvalue weighted by molar-refractivity contribution is -0.131. The molecule has 38 heavy (non-hydrogen) atoms. The quantitative estimate of drug-likeness (QED) is 0.237. The van der Waals surface area contributed by atoms with E-state index in [-0.39, 0.29) is 5.91 Å². The number of nitrogens with one attached hydrogen (secondary N) is 3. The molecular formula is C29H22FN5O3. The highest BCUT2D eigenvalue weighted by atomic mass is 19.1.